The summed E-state index contributed by atoms with van der Waals surface area (Å²) in [5, 5.41) is 0. The molecule has 0 saturated carbocycles. The summed E-state index contributed by atoms with van der Waals surface area (Å²) in [6, 6.07) is 0. The van der Waals surface area contributed by atoms with Crippen molar-refractivity contribution in [2.24, 2.45) is 17.8 Å². The van der Waals surface area contributed by atoms with Crippen LogP contribution in [0.1, 0.15) is 48.5 Å². The molecule has 1 aliphatic rings. The summed E-state index contributed by atoms with van der Waals surface area (Å²) in [6.45, 7) is 15.4. The van der Waals surface area contributed by atoms with Gasteiger partial charge >= 0.3 is 0 Å². The van der Waals surface area contributed by atoms with Crippen LogP contribution in [0.2, 0.25) is 0 Å². The van der Waals surface area contributed by atoms with Crippen molar-refractivity contribution in [1.29, 1.82) is 0 Å². The van der Waals surface area contributed by atoms with Crippen LogP contribution in [0.25, 0.3) is 0 Å². The van der Waals surface area contributed by atoms with Gasteiger partial charge in [-0.1, -0.05) is 41.5 Å². The van der Waals surface area contributed by atoms with E-state index < -0.39 is 0 Å². The van der Waals surface area contributed by atoms with Crippen molar-refractivity contribution in [2.45, 2.75) is 66.5 Å². The Hall–Kier alpha value is -0.0800. The van der Waals surface area contributed by atoms with Gasteiger partial charge in [0, 0.05) is 0 Å². The molecule has 2 heteroatoms. The average Bonchev–Trinajstić information content (AvgIpc) is 2.43. The third-order valence-corrected chi connectivity index (χ3v) is 3.56. The molecule has 0 radical (unpaired) electrons. The summed E-state index contributed by atoms with van der Waals surface area (Å²) >= 11 is 0. The molecule has 0 N–H and O–H groups in total. The number of ether oxygens (including phenoxy) is 2. The summed E-state index contributed by atoms with van der Waals surface area (Å²) in [4.78, 5) is 0. The molecule has 0 aliphatic carbocycles. The SMILES string of the molecule is CC1O[C@@H](C(C)C)C(C(C)C)(C(C)C)O1. The van der Waals surface area contributed by atoms with Gasteiger partial charge in [0.25, 0.3) is 0 Å². The first-order chi connectivity index (χ1) is 6.82. The summed E-state index contributed by atoms with van der Waals surface area (Å²) in [5.74, 6) is 1.46. The molecule has 1 saturated heterocycles. The minimum atomic E-state index is -0.117. The fourth-order valence-corrected chi connectivity index (χ4v) is 2.97. The molecule has 0 spiro atoms. The van der Waals surface area contributed by atoms with E-state index in [1.165, 1.54) is 0 Å². The van der Waals surface area contributed by atoms with E-state index >= 15 is 0 Å². The number of rotatable bonds is 3. The lowest BCUT2D eigenvalue weighted by molar-refractivity contribution is -0.115. The average molecular weight is 214 g/mol. The molecule has 1 aliphatic heterocycles. The normalized spacial score (nSPS) is 30.8. The second-order valence-corrected chi connectivity index (χ2v) is 5.65. The van der Waals surface area contributed by atoms with E-state index in [9.17, 15) is 0 Å². The van der Waals surface area contributed by atoms with Crippen LogP contribution in [-0.2, 0) is 9.47 Å². The smallest absolute Gasteiger partial charge is 0.156 e. The first kappa shape index (κ1) is 13.0. The van der Waals surface area contributed by atoms with E-state index in [0.717, 1.165) is 0 Å². The van der Waals surface area contributed by atoms with Gasteiger partial charge in [-0.3, -0.25) is 0 Å². The molecule has 1 unspecified atom stereocenters. The van der Waals surface area contributed by atoms with Crippen molar-refractivity contribution in [2.75, 3.05) is 0 Å². The van der Waals surface area contributed by atoms with Crippen molar-refractivity contribution >= 4 is 0 Å². The second kappa shape index (κ2) is 4.42. The van der Waals surface area contributed by atoms with Gasteiger partial charge in [0.1, 0.15) is 5.60 Å². The standard InChI is InChI=1S/C13H26O2/c1-8(2)12-13(9(3)4,10(5)6)15-11(7)14-12/h8-12H,1-7H3/t11?,12-/m0/s1. The second-order valence-electron chi connectivity index (χ2n) is 5.65. The summed E-state index contributed by atoms with van der Waals surface area (Å²) in [7, 11) is 0. The minimum absolute atomic E-state index is 0.0674. The maximum Gasteiger partial charge on any atom is 0.156 e. The Morgan fingerprint density at radius 1 is 0.933 bits per heavy atom. The van der Waals surface area contributed by atoms with Gasteiger partial charge < -0.3 is 9.47 Å². The molecule has 90 valence electrons. The van der Waals surface area contributed by atoms with Crippen molar-refractivity contribution in [1.82, 2.24) is 0 Å². The molecule has 0 bridgehead atoms. The van der Waals surface area contributed by atoms with Crippen LogP contribution in [0.5, 0.6) is 0 Å². The number of hydrogen-bond acceptors (Lipinski definition) is 2. The summed E-state index contributed by atoms with van der Waals surface area (Å²) < 4.78 is 12.1. The van der Waals surface area contributed by atoms with E-state index in [1.807, 2.05) is 6.92 Å². The largest absolute Gasteiger partial charge is 0.346 e. The van der Waals surface area contributed by atoms with Crippen LogP contribution in [0.15, 0.2) is 0 Å². The molecule has 0 aromatic carbocycles. The van der Waals surface area contributed by atoms with Gasteiger partial charge in [-0.05, 0) is 24.7 Å². The van der Waals surface area contributed by atoms with Crippen molar-refractivity contribution in [3.63, 3.8) is 0 Å². The Kier molecular flexibility index (Phi) is 3.83. The Morgan fingerprint density at radius 3 is 1.67 bits per heavy atom. The topological polar surface area (TPSA) is 18.5 Å². The maximum absolute atomic E-state index is 6.12. The van der Waals surface area contributed by atoms with Gasteiger partial charge in [-0.2, -0.15) is 0 Å². The molecule has 2 nitrogen and oxygen atoms in total. The van der Waals surface area contributed by atoms with Crippen molar-refractivity contribution < 1.29 is 9.47 Å². The molecule has 1 rings (SSSR count). The predicted molar refractivity (Wildman–Crippen MR) is 62.7 cm³/mol. The highest BCUT2D eigenvalue weighted by Crippen LogP contribution is 2.44. The predicted octanol–water partition coefficient (Wildman–Crippen LogP) is 3.45. The molecule has 1 fully saturated rings. The van der Waals surface area contributed by atoms with Crippen LogP contribution in [0, 0.1) is 17.8 Å². The van der Waals surface area contributed by atoms with E-state index in [1.54, 1.807) is 0 Å². The Labute approximate surface area is 94.3 Å². The lowest BCUT2D eigenvalue weighted by Crippen LogP contribution is -2.51. The van der Waals surface area contributed by atoms with Gasteiger partial charge in [0.05, 0.1) is 6.10 Å². The Morgan fingerprint density at radius 2 is 1.40 bits per heavy atom. The fourth-order valence-electron chi connectivity index (χ4n) is 2.97. The quantitative estimate of drug-likeness (QED) is 0.716. The molecule has 0 aromatic rings. The molecular weight excluding hydrogens is 188 g/mol. The van der Waals surface area contributed by atoms with Crippen molar-refractivity contribution in [3.05, 3.63) is 0 Å². The van der Waals surface area contributed by atoms with Crippen LogP contribution < -0.4 is 0 Å². The van der Waals surface area contributed by atoms with Crippen molar-refractivity contribution in [3.8, 4) is 0 Å². The zero-order valence-corrected chi connectivity index (χ0v) is 11.2. The van der Waals surface area contributed by atoms with Gasteiger partial charge in [-0.25, -0.2) is 0 Å². The monoisotopic (exact) mass is 214 g/mol. The third-order valence-electron chi connectivity index (χ3n) is 3.56. The first-order valence-electron chi connectivity index (χ1n) is 6.15. The molecule has 0 aromatic heterocycles. The maximum atomic E-state index is 6.12. The van der Waals surface area contributed by atoms with Gasteiger partial charge in [0.2, 0.25) is 0 Å². The lowest BCUT2D eigenvalue weighted by atomic mass is 9.73. The van der Waals surface area contributed by atoms with Gasteiger partial charge in [0.15, 0.2) is 6.29 Å². The Bertz CT molecular complexity index is 201. The lowest BCUT2D eigenvalue weighted by Gasteiger charge is -2.41. The van der Waals surface area contributed by atoms with Crippen LogP contribution >= 0.6 is 0 Å². The van der Waals surface area contributed by atoms with Crippen LogP contribution in [-0.4, -0.2) is 18.0 Å². The zero-order valence-electron chi connectivity index (χ0n) is 11.2. The molecule has 2 atom stereocenters. The molecule has 15 heavy (non-hydrogen) atoms. The first-order valence-corrected chi connectivity index (χ1v) is 6.15. The fraction of sp³-hybridized carbons (Fsp3) is 1.00. The summed E-state index contributed by atoms with van der Waals surface area (Å²) in [5.41, 5.74) is -0.117. The van der Waals surface area contributed by atoms with Crippen LogP contribution in [0.3, 0.4) is 0 Å². The van der Waals surface area contributed by atoms with Crippen LogP contribution in [0.4, 0.5) is 0 Å². The number of hydrogen-bond donors (Lipinski definition) is 0. The molecular formula is C13H26O2. The Balaban J connectivity index is 3.03. The minimum Gasteiger partial charge on any atom is -0.346 e. The molecule has 0 amide bonds. The van der Waals surface area contributed by atoms with E-state index in [2.05, 4.69) is 41.5 Å². The zero-order chi connectivity index (χ0) is 11.8. The van der Waals surface area contributed by atoms with E-state index in [0.29, 0.717) is 17.8 Å². The van der Waals surface area contributed by atoms with E-state index in [4.69, 9.17) is 9.47 Å². The highest BCUT2D eigenvalue weighted by Gasteiger charge is 2.53. The highest BCUT2D eigenvalue weighted by molar-refractivity contribution is 4.99. The molecule has 1 heterocycles. The summed E-state index contributed by atoms with van der Waals surface area (Å²) in [6.07, 6.45) is 0.148. The van der Waals surface area contributed by atoms with Gasteiger partial charge in [-0.15, -0.1) is 0 Å². The highest BCUT2D eigenvalue weighted by atomic mass is 16.7. The van der Waals surface area contributed by atoms with E-state index in [-0.39, 0.29) is 18.0 Å². The third kappa shape index (κ3) is 2.07.